The number of hydrogen-bond donors (Lipinski definition) is 2. The van der Waals surface area contributed by atoms with Crippen LogP contribution in [0.1, 0.15) is 29.9 Å². The number of anilines is 2. The van der Waals surface area contributed by atoms with Gasteiger partial charge in [-0.1, -0.05) is 18.3 Å². The van der Waals surface area contributed by atoms with E-state index in [1.165, 1.54) is 11.3 Å². The van der Waals surface area contributed by atoms with Crippen molar-refractivity contribution in [3.8, 4) is 0 Å². The van der Waals surface area contributed by atoms with E-state index in [9.17, 15) is 4.79 Å². The lowest BCUT2D eigenvalue weighted by Crippen LogP contribution is -2.38. The lowest BCUT2D eigenvalue weighted by Gasteiger charge is -2.26. The molecular weight excluding hydrogens is 280 g/mol. The standard InChI is InChI=1S/C12H22N4OS2/c1-5-8(7-18-4)16(3)11(17)9-10(13)15-12(19-9)14-6-2/h8H,5-7,13H2,1-4H3,(H,14,15). The molecule has 0 aliphatic carbocycles. The Hall–Kier alpha value is -0.950. The molecule has 0 radical (unpaired) electrons. The molecule has 5 nitrogen and oxygen atoms in total. The molecular formula is C12H22N4OS2. The first-order valence-corrected chi connectivity index (χ1v) is 8.52. The first-order chi connectivity index (χ1) is 9.04. The summed E-state index contributed by atoms with van der Waals surface area (Å²) in [5, 5.41) is 3.79. The summed E-state index contributed by atoms with van der Waals surface area (Å²) < 4.78 is 0. The van der Waals surface area contributed by atoms with Crippen LogP contribution in [0.4, 0.5) is 10.9 Å². The van der Waals surface area contributed by atoms with Gasteiger partial charge in [-0.3, -0.25) is 4.79 Å². The molecule has 0 saturated heterocycles. The van der Waals surface area contributed by atoms with Crippen molar-refractivity contribution in [2.45, 2.75) is 26.3 Å². The predicted octanol–water partition coefficient (Wildman–Crippen LogP) is 2.37. The van der Waals surface area contributed by atoms with Crippen LogP contribution in [0.15, 0.2) is 0 Å². The molecule has 3 N–H and O–H groups in total. The second-order valence-electron chi connectivity index (χ2n) is 4.20. The van der Waals surface area contributed by atoms with Gasteiger partial charge >= 0.3 is 0 Å². The van der Waals surface area contributed by atoms with E-state index in [4.69, 9.17) is 5.73 Å². The van der Waals surface area contributed by atoms with Gasteiger partial charge in [0.1, 0.15) is 10.7 Å². The maximum Gasteiger partial charge on any atom is 0.267 e. The molecule has 0 aromatic carbocycles. The predicted molar refractivity (Wildman–Crippen MR) is 85.2 cm³/mol. The average molecular weight is 302 g/mol. The number of aromatic nitrogens is 1. The van der Waals surface area contributed by atoms with Crippen molar-refractivity contribution in [1.82, 2.24) is 9.88 Å². The van der Waals surface area contributed by atoms with Crippen molar-refractivity contribution in [2.75, 3.05) is 36.7 Å². The van der Waals surface area contributed by atoms with Gasteiger partial charge in [0, 0.05) is 25.4 Å². The molecule has 19 heavy (non-hydrogen) atoms. The molecule has 0 spiro atoms. The van der Waals surface area contributed by atoms with Crippen LogP contribution in [0.3, 0.4) is 0 Å². The molecule has 1 unspecified atom stereocenters. The van der Waals surface area contributed by atoms with Crippen molar-refractivity contribution >= 4 is 40.0 Å². The smallest absolute Gasteiger partial charge is 0.267 e. The lowest BCUT2D eigenvalue weighted by molar-refractivity contribution is 0.0749. The Balaban J connectivity index is 2.86. The van der Waals surface area contributed by atoms with Crippen LogP contribution < -0.4 is 11.1 Å². The molecule has 108 valence electrons. The number of amides is 1. The highest BCUT2D eigenvalue weighted by Gasteiger charge is 2.24. The lowest BCUT2D eigenvalue weighted by atomic mass is 10.2. The van der Waals surface area contributed by atoms with Gasteiger partial charge in [0.15, 0.2) is 5.13 Å². The molecule has 0 saturated carbocycles. The highest BCUT2D eigenvalue weighted by atomic mass is 32.2. The first kappa shape index (κ1) is 16.1. The van der Waals surface area contributed by atoms with Crippen LogP contribution in [0.25, 0.3) is 0 Å². The minimum absolute atomic E-state index is 0.0416. The second-order valence-corrected chi connectivity index (χ2v) is 6.11. The number of thioether (sulfide) groups is 1. The van der Waals surface area contributed by atoms with Crippen molar-refractivity contribution in [1.29, 1.82) is 0 Å². The molecule has 1 aromatic heterocycles. The molecule has 1 heterocycles. The summed E-state index contributed by atoms with van der Waals surface area (Å²) in [6, 6.07) is 0.228. The normalized spacial score (nSPS) is 12.2. The zero-order chi connectivity index (χ0) is 14.4. The Kier molecular flexibility index (Phi) is 6.44. The summed E-state index contributed by atoms with van der Waals surface area (Å²) in [6.45, 7) is 4.84. The average Bonchev–Trinajstić information content (AvgIpc) is 2.75. The zero-order valence-electron chi connectivity index (χ0n) is 11.9. The van der Waals surface area contributed by atoms with E-state index in [2.05, 4.69) is 17.2 Å². The fourth-order valence-corrected chi connectivity index (χ4v) is 3.51. The molecule has 1 amide bonds. The molecule has 1 rings (SSSR count). The van der Waals surface area contributed by atoms with Crippen molar-refractivity contribution in [2.24, 2.45) is 0 Å². The number of nitrogens with two attached hydrogens (primary N) is 1. The third kappa shape index (κ3) is 4.01. The van der Waals surface area contributed by atoms with Crippen LogP contribution in [-0.2, 0) is 0 Å². The van der Waals surface area contributed by atoms with E-state index in [0.717, 1.165) is 18.7 Å². The van der Waals surface area contributed by atoms with Crippen molar-refractivity contribution in [3.05, 3.63) is 4.88 Å². The van der Waals surface area contributed by atoms with Crippen molar-refractivity contribution in [3.63, 3.8) is 0 Å². The minimum atomic E-state index is -0.0416. The Morgan fingerprint density at radius 2 is 2.26 bits per heavy atom. The molecule has 0 fully saturated rings. The molecule has 0 bridgehead atoms. The highest BCUT2D eigenvalue weighted by Crippen LogP contribution is 2.27. The summed E-state index contributed by atoms with van der Waals surface area (Å²) in [5.41, 5.74) is 5.83. The van der Waals surface area contributed by atoms with E-state index >= 15 is 0 Å². The number of carbonyl (C=O) groups is 1. The van der Waals surface area contributed by atoms with Gasteiger partial charge in [-0.25, -0.2) is 4.98 Å². The Morgan fingerprint density at radius 1 is 1.58 bits per heavy atom. The number of nitrogens with one attached hydrogen (secondary N) is 1. The number of rotatable bonds is 7. The van der Waals surface area contributed by atoms with E-state index in [1.807, 2.05) is 20.2 Å². The summed E-state index contributed by atoms with van der Waals surface area (Å²) in [6.07, 6.45) is 2.98. The number of carbonyl (C=O) groups excluding carboxylic acids is 1. The van der Waals surface area contributed by atoms with Crippen LogP contribution in [-0.4, -0.2) is 47.4 Å². The third-order valence-corrected chi connectivity index (χ3v) is 4.61. The van der Waals surface area contributed by atoms with E-state index in [1.54, 1.807) is 16.7 Å². The van der Waals surface area contributed by atoms with Crippen LogP contribution in [0.5, 0.6) is 0 Å². The van der Waals surface area contributed by atoms with Gasteiger partial charge < -0.3 is 16.0 Å². The summed E-state index contributed by atoms with van der Waals surface area (Å²) in [5.74, 6) is 1.20. The molecule has 0 aliphatic rings. The highest BCUT2D eigenvalue weighted by molar-refractivity contribution is 7.98. The van der Waals surface area contributed by atoms with Gasteiger partial charge in [-0.15, -0.1) is 0 Å². The molecule has 1 aromatic rings. The van der Waals surface area contributed by atoms with Gasteiger partial charge in [-0.05, 0) is 19.6 Å². The van der Waals surface area contributed by atoms with E-state index < -0.39 is 0 Å². The van der Waals surface area contributed by atoms with Crippen LogP contribution >= 0.6 is 23.1 Å². The van der Waals surface area contributed by atoms with E-state index in [-0.39, 0.29) is 11.9 Å². The number of thiazole rings is 1. The summed E-state index contributed by atoms with van der Waals surface area (Å²) >= 11 is 3.06. The maximum absolute atomic E-state index is 12.4. The van der Waals surface area contributed by atoms with Crippen LogP contribution in [0.2, 0.25) is 0 Å². The van der Waals surface area contributed by atoms with Gasteiger partial charge in [-0.2, -0.15) is 11.8 Å². The number of nitrogen functional groups attached to an aromatic ring is 1. The van der Waals surface area contributed by atoms with E-state index in [0.29, 0.717) is 15.8 Å². The number of hydrogen-bond acceptors (Lipinski definition) is 6. The Bertz CT molecular complexity index is 422. The minimum Gasteiger partial charge on any atom is -0.382 e. The fourth-order valence-electron chi connectivity index (χ4n) is 1.73. The Labute approximate surface area is 123 Å². The first-order valence-electron chi connectivity index (χ1n) is 6.31. The zero-order valence-corrected chi connectivity index (χ0v) is 13.5. The monoisotopic (exact) mass is 302 g/mol. The van der Waals surface area contributed by atoms with Gasteiger partial charge in [0.2, 0.25) is 0 Å². The maximum atomic E-state index is 12.4. The summed E-state index contributed by atoms with van der Waals surface area (Å²) in [7, 11) is 1.83. The van der Waals surface area contributed by atoms with Gasteiger partial charge in [0.05, 0.1) is 0 Å². The van der Waals surface area contributed by atoms with Gasteiger partial charge in [0.25, 0.3) is 5.91 Å². The third-order valence-electron chi connectivity index (χ3n) is 2.87. The molecule has 7 heteroatoms. The quantitative estimate of drug-likeness (QED) is 0.809. The van der Waals surface area contributed by atoms with Crippen molar-refractivity contribution < 1.29 is 4.79 Å². The largest absolute Gasteiger partial charge is 0.382 e. The second kappa shape index (κ2) is 7.59. The molecule has 1 atom stereocenters. The molecule has 0 aliphatic heterocycles. The number of nitrogens with zero attached hydrogens (tertiary/aromatic N) is 2. The topological polar surface area (TPSA) is 71.2 Å². The SMILES string of the molecule is CCNc1nc(N)c(C(=O)N(C)C(CC)CSC)s1. The Morgan fingerprint density at radius 3 is 2.79 bits per heavy atom. The van der Waals surface area contributed by atoms with Crippen LogP contribution in [0, 0.1) is 0 Å². The summed E-state index contributed by atoms with van der Waals surface area (Å²) in [4.78, 5) is 18.9. The fraction of sp³-hybridized carbons (Fsp3) is 0.667.